The zero-order chi connectivity index (χ0) is 10.9. The van der Waals surface area contributed by atoms with Gasteiger partial charge in [0.1, 0.15) is 0 Å². The molecule has 3 nitrogen and oxygen atoms in total. The third-order valence-corrected chi connectivity index (χ3v) is 2.94. The molecule has 1 rings (SSSR count). The van der Waals surface area contributed by atoms with Crippen LogP contribution in [0.4, 0.5) is 8.28 Å². The minimum Gasteiger partial charge on any atom is -0.355 e. The van der Waals surface area contributed by atoms with Gasteiger partial charge in [0.05, 0.1) is 0 Å². The van der Waals surface area contributed by atoms with Crippen molar-refractivity contribution in [2.75, 3.05) is 0 Å². The fraction of sp³-hybridized carbons (Fsp3) is 0.143. The summed E-state index contributed by atoms with van der Waals surface area (Å²) in [7, 11) is -5.17. The Bertz CT molecular complexity index is 458. The summed E-state index contributed by atoms with van der Waals surface area (Å²) < 4.78 is 49.6. The van der Waals surface area contributed by atoms with E-state index in [0.717, 1.165) is 12.1 Å². The molecule has 0 saturated heterocycles. The average molecular weight is 334 g/mol. The molecule has 0 aromatic heterocycles. The molecule has 78 valence electrons. The Kier molecular flexibility index (Phi) is 3.30. The van der Waals surface area contributed by atoms with Crippen LogP contribution in [0.2, 0.25) is 0 Å². The third kappa shape index (κ3) is 3.05. The molecule has 0 aliphatic rings. The number of benzene rings is 1. The van der Waals surface area contributed by atoms with Gasteiger partial charge in [-0.1, -0.05) is 3.89 Å². The SMILES string of the molecule is Cc1cc(OS(=O)(=O)F)c(F)cc1I. The van der Waals surface area contributed by atoms with Crippen molar-refractivity contribution >= 4 is 33.1 Å². The molecule has 0 radical (unpaired) electrons. The number of aryl methyl sites for hydroxylation is 1. The first-order valence-electron chi connectivity index (χ1n) is 3.39. The number of hydrogen-bond donors (Lipinski definition) is 0. The lowest BCUT2D eigenvalue weighted by atomic mass is 10.2. The van der Waals surface area contributed by atoms with Crippen LogP contribution in [-0.4, -0.2) is 8.42 Å². The fourth-order valence-corrected chi connectivity index (χ4v) is 1.57. The second-order valence-corrected chi connectivity index (χ2v) is 4.62. The highest BCUT2D eigenvalue weighted by atomic mass is 127. The summed E-state index contributed by atoms with van der Waals surface area (Å²) in [4.78, 5) is 0. The zero-order valence-electron chi connectivity index (χ0n) is 6.92. The van der Waals surface area contributed by atoms with Crippen LogP contribution in [-0.2, 0) is 10.5 Å². The van der Waals surface area contributed by atoms with Crippen LogP contribution in [0.1, 0.15) is 5.56 Å². The lowest BCUT2D eigenvalue weighted by molar-refractivity contribution is 0.423. The quantitative estimate of drug-likeness (QED) is 0.616. The van der Waals surface area contributed by atoms with Crippen LogP contribution in [0.25, 0.3) is 0 Å². The minimum atomic E-state index is -5.17. The standard InChI is InChI=1S/C7H5F2IO3S/c1-4-2-7(13-14(9,11)12)5(8)3-6(4)10/h2-3H,1H3. The zero-order valence-corrected chi connectivity index (χ0v) is 9.90. The van der Waals surface area contributed by atoms with Crippen LogP contribution in [0, 0.1) is 16.3 Å². The van der Waals surface area contributed by atoms with Gasteiger partial charge in [-0.15, -0.1) is 0 Å². The predicted octanol–water partition coefficient (Wildman–Crippen LogP) is 2.33. The van der Waals surface area contributed by atoms with E-state index < -0.39 is 22.1 Å². The van der Waals surface area contributed by atoms with Crippen molar-refractivity contribution in [3.8, 4) is 5.75 Å². The van der Waals surface area contributed by atoms with E-state index in [1.807, 2.05) is 22.6 Å². The number of hydrogen-bond acceptors (Lipinski definition) is 3. The van der Waals surface area contributed by atoms with Gasteiger partial charge < -0.3 is 4.18 Å². The maximum absolute atomic E-state index is 13.0. The van der Waals surface area contributed by atoms with Crippen molar-refractivity contribution in [1.82, 2.24) is 0 Å². The molecule has 0 bridgehead atoms. The van der Waals surface area contributed by atoms with E-state index in [0.29, 0.717) is 9.13 Å². The summed E-state index contributed by atoms with van der Waals surface area (Å²) in [5, 5.41) is 0. The molecule has 0 aliphatic carbocycles. The molecule has 0 spiro atoms. The lowest BCUT2D eigenvalue weighted by Crippen LogP contribution is -2.03. The Hall–Kier alpha value is -0.440. The van der Waals surface area contributed by atoms with E-state index in [2.05, 4.69) is 4.18 Å². The van der Waals surface area contributed by atoms with Gasteiger partial charge in [0.2, 0.25) is 0 Å². The maximum Gasteiger partial charge on any atom is 0.488 e. The van der Waals surface area contributed by atoms with E-state index in [9.17, 15) is 16.7 Å². The Morgan fingerprint density at radius 1 is 1.43 bits per heavy atom. The van der Waals surface area contributed by atoms with Gasteiger partial charge in [-0.05, 0) is 47.2 Å². The molecule has 0 aliphatic heterocycles. The smallest absolute Gasteiger partial charge is 0.355 e. The summed E-state index contributed by atoms with van der Waals surface area (Å²) in [6, 6.07) is 2.19. The highest BCUT2D eigenvalue weighted by Gasteiger charge is 2.15. The van der Waals surface area contributed by atoms with Gasteiger partial charge in [0, 0.05) is 3.57 Å². The average Bonchev–Trinajstić information content (AvgIpc) is 1.97. The monoisotopic (exact) mass is 334 g/mol. The Morgan fingerprint density at radius 3 is 2.50 bits per heavy atom. The second kappa shape index (κ2) is 3.97. The Morgan fingerprint density at radius 2 is 2.00 bits per heavy atom. The van der Waals surface area contributed by atoms with Crippen molar-refractivity contribution in [2.24, 2.45) is 0 Å². The first-order valence-corrected chi connectivity index (χ1v) is 5.78. The molecule has 0 fully saturated rings. The van der Waals surface area contributed by atoms with Gasteiger partial charge in [-0.25, -0.2) is 4.39 Å². The molecular weight excluding hydrogens is 329 g/mol. The third-order valence-electron chi connectivity index (χ3n) is 1.40. The van der Waals surface area contributed by atoms with Gasteiger partial charge in [0.25, 0.3) is 0 Å². The summed E-state index contributed by atoms with van der Waals surface area (Å²) in [6.45, 7) is 1.62. The van der Waals surface area contributed by atoms with Crippen LogP contribution in [0.3, 0.4) is 0 Å². The van der Waals surface area contributed by atoms with E-state index >= 15 is 0 Å². The predicted molar refractivity (Wildman–Crippen MR) is 54.5 cm³/mol. The molecule has 1 aromatic rings. The van der Waals surface area contributed by atoms with Crippen molar-refractivity contribution in [2.45, 2.75) is 6.92 Å². The normalized spacial score (nSPS) is 11.4. The summed E-state index contributed by atoms with van der Waals surface area (Å²) in [5.41, 5.74) is 0.602. The highest BCUT2D eigenvalue weighted by Crippen LogP contribution is 2.24. The molecule has 0 saturated carbocycles. The van der Waals surface area contributed by atoms with E-state index in [1.165, 1.54) is 0 Å². The highest BCUT2D eigenvalue weighted by molar-refractivity contribution is 14.1. The topological polar surface area (TPSA) is 43.4 Å². The first kappa shape index (κ1) is 11.6. The first-order chi connectivity index (χ1) is 6.29. The van der Waals surface area contributed by atoms with Crippen LogP contribution in [0.15, 0.2) is 12.1 Å². The molecule has 0 atom stereocenters. The molecule has 7 heteroatoms. The van der Waals surface area contributed by atoms with Crippen molar-refractivity contribution in [3.05, 3.63) is 27.1 Å². The van der Waals surface area contributed by atoms with Crippen molar-refractivity contribution in [3.63, 3.8) is 0 Å². The van der Waals surface area contributed by atoms with E-state index in [1.54, 1.807) is 6.92 Å². The molecule has 0 amide bonds. The van der Waals surface area contributed by atoms with Gasteiger partial charge in [-0.2, -0.15) is 8.42 Å². The van der Waals surface area contributed by atoms with Crippen LogP contribution >= 0.6 is 22.6 Å². The summed E-state index contributed by atoms with van der Waals surface area (Å²) in [6.07, 6.45) is 0. The lowest BCUT2D eigenvalue weighted by Gasteiger charge is -2.04. The van der Waals surface area contributed by atoms with Gasteiger partial charge in [-0.3, -0.25) is 0 Å². The van der Waals surface area contributed by atoms with Crippen molar-refractivity contribution in [1.29, 1.82) is 0 Å². The second-order valence-electron chi connectivity index (χ2n) is 2.51. The molecule has 0 unspecified atom stereocenters. The molecule has 14 heavy (non-hydrogen) atoms. The maximum atomic E-state index is 13.0. The molecular formula is C7H5F2IO3S. The molecule has 0 N–H and O–H groups in total. The van der Waals surface area contributed by atoms with Crippen LogP contribution < -0.4 is 4.18 Å². The van der Waals surface area contributed by atoms with Gasteiger partial charge >= 0.3 is 10.5 Å². The van der Waals surface area contributed by atoms with E-state index in [4.69, 9.17) is 0 Å². The molecule has 1 aromatic carbocycles. The summed E-state index contributed by atoms with van der Waals surface area (Å²) in [5.74, 6) is -1.55. The number of halogens is 3. The Labute approximate surface area is 93.6 Å². The number of rotatable bonds is 2. The summed E-state index contributed by atoms with van der Waals surface area (Å²) >= 11 is 1.87. The van der Waals surface area contributed by atoms with Crippen LogP contribution in [0.5, 0.6) is 5.75 Å². The fourth-order valence-electron chi connectivity index (χ4n) is 0.802. The van der Waals surface area contributed by atoms with E-state index in [-0.39, 0.29) is 0 Å². The molecule has 0 heterocycles. The Balaban J connectivity index is 3.17. The minimum absolute atomic E-state index is 0.601. The van der Waals surface area contributed by atoms with Gasteiger partial charge in [0.15, 0.2) is 11.6 Å². The van der Waals surface area contributed by atoms with Crippen molar-refractivity contribution < 1.29 is 20.9 Å². The largest absolute Gasteiger partial charge is 0.488 e.